The van der Waals surface area contributed by atoms with Crippen molar-refractivity contribution < 1.29 is 14.7 Å². The molecule has 3 aromatic rings. The van der Waals surface area contributed by atoms with Crippen LogP contribution in [0.15, 0.2) is 84.9 Å². The molecule has 3 N–H and O–H groups in total. The van der Waals surface area contributed by atoms with Crippen LogP contribution in [0.3, 0.4) is 0 Å². The van der Waals surface area contributed by atoms with Crippen LogP contribution in [-0.4, -0.2) is 78.6 Å². The van der Waals surface area contributed by atoms with Crippen molar-refractivity contribution in [1.82, 2.24) is 20.4 Å². The van der Waals surface area contributed by atoms with E-state index in [1.54, 1.807) is 24.3 Å². The van der Waals surface area contributed by atoms with Crippen LogP contribution >= 0.6 is 0 Å². The van der Waals surface area contributed by atoms with Gasteiger partial charge in [-0.1, -0.05) is 60.7 Å². The first kappa shape index (κ1) is 27.5. The van der Waals surface area contributed by atoms with Gasteiger partial charge in [-0.3, -0.25) is 9.59 Å². The van der Waals surface area contributed by atoms with Gasteiger partial charge in [-0.05, 0) is 55.8 Å². The Balaban J connectivity index is 1.40. The second-order valence-electron chi connectivity index (χ2n) is 10.1. The van der Waals surface area contributed by atoms with Crippen LogP contribution in [0.2, 0.25) is 0 Å². The lowest BCUT2D eigenvalue weighted by atomic mass is 9.99. The number of rotatable bonds is 10. The zero-order valence-electron chi connectivity index (χ0n) is 22.2. The molecule has 3 aromatic carbocycles. The predicted molar refractivity (Wildman–Crippen MR) is 150 cm³/mol. The molecule has 2 amide bonds. The van der Waals surface area contributed by atoms with E-state index in [2.05, 4.69) is 29.5 Å². The lowest BCUT2D eigenvalue weighted by molar-refractivity contribution is 0.0663. The van der Waals surface area contributed by atoms with E-state index in [1.165, 1.54) is 0 Å². The first-order valence-corrected chi connectivity index (χ1v) is 13.3. The molecule has 7 heteroatoms. The normalized spacial score (nSPS) is 16.4. The van der Waals surface area contributed by atoms with Crippen LogP contribution in [0.4, 0.5) is 0 Å². The molecular formula is C31H38N4O3. The van der Waals surface area contributed by atoms with Crippen molar-refractivity contribution in [3.05, 3.63) is 107 Å². The topological polar surface area (TPSA) is 84.9 Å². The zero-order chi connectivity index (χ0) is 26.9. The third-order valence-electron chi connectivity index (χ3n) is 7.20. The monoisotopic (exact) mass is 514 g/mol. The molecule has 3 atom stereocenters. The molecule has 0 aliphatic carbocycles. The van der Waals surface area contributed by atoms with Gasteiger partial charge in [0.25, 0.3) is 11.8 Å². The second kappa shape index (κ2) is 13.3. The lowest BCUT2D eigenvalue weighted by Gasteiger charge is -2.32. The van der Waals surface area contributed by atoms with E-state index in [4.69, 9.17) is 0 Å². The van der Waals surface area contributed by atoms with Crippen LogP contribution in [0, 0.1) is 0 Å². The van der Waals surface area contributed by atoms with E-state index in [9.17, 15) is 14.7 Å². The highest BCUT2D eigenvalue weighted by Gasteiger charge is 2.24. The molecule has 0 radical (unpaired) electrons. The Kier molecular flexibility index (Phi) is 9.65. The van der Waals surface area contributed by atoms with Gasteiger partial charge in [0, 0.05) is 49.9 Å². The van der Waals surface area contributed by atoms with Crippen LogP contribution in [0.1, 0.15) is 44.8 Å². The molecular weight excluding hydrogens is 476 g/mol. The molecule has 1 saturated heterocycles. The number of benzene rings is 3. The fourth-order valence-corrected chi connectivity index (χ4v) is 4.66. The highest BCUT2D eigenvalue weighted by Crippen LogP contribution is 2.14. The number of aliphatic hydroxyl groups is 1. The predicted octanol–water partition coefficient (Wildman–Crippen LogP) is 3.13. The van der Waals surface area contributed by atoms with Gasteiger partial charge < -0.3 is 25.5 Å². The summed E-state index contributed by atoms with van der Waals surface area (Å²) in [5.74, 6) is -0.291. The third kappa shape index (κ3) is 7.51. The summed E-state index contributed by atoms with van der Waals surface area (Å²) in [7, 11) is 2.05. The van der Waals surface area contributed by atoms with Gasteiger partial charge in [0.15, 0.2) is 0 Å². The summed E-state index contributed by atoms with van der Waals surface area (Å²) < 4.78 is 0. The Morgan fingerprint density at radius 2 is 1.42 bits per heavy atom. The Hall–Kier alpha value is -3.52. The summed E-state index contributed by atoms with van der Waals surface area (Å²) in [5, 5.41) is 17.5. The Labute approximate surface area is 225 Å². The summed E-state index contributed by atoms with van der Waals surface area (Å²) in [5.41, 5.74) is 3.19. The minimum Gasteiger partial charge on any atom is -0.390 e. The third-order valence-corrected chi connectivity index (χ3v) is 7.20. The van der Waals surface area contributed by atoms with Crippen molar-refractivity contribution in [2.45, 2.75) is 31.5 Å². The van der Waals surface area contributed by atoms with Crippen LogP contribution in [0.25, 0.3) is 0 Å². The number of nitrogens with one attached hydrogen (secondary N) is 2. The molecule has 7 nitrogen and oxygen atoms in total. The number of piperazine rings is 1. The highest BCUT2D eigenvalue weighted by atomic mass is 16.3. The largest absolute Gasteiger partial charge is 0.390 e. The fraction of sp³-hybridized carbons (Fsp3) is 0.355. The molecule has 0 bridgehead atoms. The number of aliphatic hydroxyl groups excluding tert-OH is 1. The molecule has 1 fully saturated rings. The quantitative estimate of drug-likeness (QED) is 0.387. The SMILES string of the molecule is CC(NCC(O)C(Cc1ccccc1)NC(=O)c1ccc(C(=O)N2CCN(C)CC2)cc1)c1ccccc1. The molecule has 1 aliphatic heterocycles. The van der Waals surface area contributed by atoms with Crippen molar-refractivity contribution in [1.29, 1.82) is 0 Å². The minimum atomic E-state index is -0.802. The number of amides is 2. The molecule has 0 spiro atoms. The Bertz CT molecular complexity index is 1160. The van der Waals surface area contributed by atoms with E-state index in [1.807, 2.05) is 65.6 Å². The fourth-order valence-electron chi connectivity index (χ4n) is 4.66. The number of carbonyl (C=O) groups is 2. The van der Waals surface area contributed by atoms with Crippen molar-refractivity contribution in [3.63, 3.8) is 0 Å². The summed E-state index contributed by atoms with van der Waals surface area (Å²) in [4.78, 5) is 30.1. The standard InChI is InChI=1S/C31H38N4O3/c1-23(25-11-7-4-8-12-25)32-22-29(36)28(21-24-9-5-3-6-10-24)33-30(37)26-13-15-27(16-14-26)31(38)35-19-17-34(2)18-20-35/h3-16,23,28-29,32,36H,17-22H2,1-2H3,(H,33,37). The highest BCUT2D eigenvalue weighted by molar-refractivity contribution is 5.98. The number of nitrogens with zero attached hydrogens (tertiary/aromatic N) is 2. The van der Waals surface area contributed by atoms with Gasteiger partial charge in [0.2, 0.25) is 0 Å². The number of hydrogen-bond acceptors (Lipinski definition) is 5. The first-order chi connectivity index (χ1) is 18.4. The smallest absolute Gasteiger partial charge is 0.253 e. The molecule has 38 heavy (non-hydrogen) atoms. The van der Waals surface area contributed by atoms with Crippen molar-refractivity contribution in [3.8, 4) is 0 Å². The summed E-state index contributed by atoms with van der Waals surface area (Å²) in [6.07, 6.45) is -0.307. The molecule has 4 rings (SSSR count). The zero-order valence-corrected chi connectivity index (χ0v) is 22.2. The van der Waals surface area contributed by atoms with E-state index in [0.29, 0.717) is 37.2 Å². The molecule has 1 aliphatic rings. The van der Waals surface area contributed by atoms with Crippen LogP contribution in [-0.2, 0) is 6.42 Å². The van der Waals surface area contributed by atoms with Crippen molar-refractivity contribution in [2.75, 3.05) is 39.8 Å². The average Bonchev–Trinajstić information content (AvgIpc) is 2.96. The molecule has 200 valence electrons. The van der Waals surface area contributed by atoms with Gasteiger partial charge in [0.1, 0.15) is 0 Å². The maximum Gasteiger partial charge on any atom is 0.253 e. The minimum absolute atomic E-state index is 0.0129. The first-order valence-electron chi connectivity index (χ1n) is 13.3. The van der Waals surface area contributed by atoms with E-state index in [0.717, 1.165) is 24.2 Å². The van der Waals surface area contributed by atoms with Crippen molar-refractivity contribution in [2.24, 2.45) is 0 Å². The average molecular weight is 515 g/mol. The Morgan fingerprint density at radius 1 is 0.842 bits per heavy atom. The van der Waals surface area contributed by atoms with Crippen molar-refractivity contribution >= 4 is 11.8 Å². The van der Waals surface area contributed by atoms with E-state index in [-0.39, 0.29) is 17.9 Å². The second-order valence-corrected chi connectivity index (χ2v) is 10.1. The number of carbonyl (C=O) groups excluding carboxylic acids is 2. The molecule has 1 heterocycles. The summed E-state index contributed by atoms with van der Waals surface area (Å²) >= 11 is 0. The maximum absolute atomic E-state index is 13.2. The van der Waals surface area contributed by atoms with E-state index < -0.39 is 12.1 Å². The van der Waals surface area contributed by atoms with Gasteiger partial charge in [0.05, 0.1) is 12.1 Å². The van der Waals surface area contributed by atoms with Gasteiger partial charge >= 0.3 is 0 Å². The number of likely N-dealkylation sites (N-methyl/N-ethyl adjacent to an activating group) is 1. The van der Waals surface area contributed by atoms with E-state index >= 15 is 0 Å². The molecule has 0 aromatic heterocycles. The molecule has 3 unspecified atom stereocenters. The maximum atomic E-state index is 13.2. The van der Waals surface area contributed by atoms with Crippen LogP contribution in [0.5, 0.6) is 0 Å². The Morgan fingerprint density at radius 3 is 2.05 bits per heavy atom. The summed E-state index contributed by atoms with van der Waals surface area (Å²) in [6.45, 7) is 5.50. The van der Waals surface area contributed by atoms with Crippen LogP contribution < -0.4 is 10.6 Å². The van der Waals surface area contributed by atoms with Gasteiger partial charge in [-0.15, -0.1) is 0 Å². The van der Waals surface area contributed by atoms with Gasteiger partial charge in [-0.2, -0.15) is 0 Å². The summed E-state index contributed by atoms with van der Waals surface area (Å²) in [6, 6.07) is 26.2. The number of hydrogen-bond donors (Lipinski definition) is 3. The lowest BCUT2D eigenvalue weighted by Crippen LogP contribution is -2.49. The molecule has 0 saturated carbocycles. The van der Waals surface area contributed by atoms with Gasteiger partial charge in [-0.25, -0.2) is 0 Å².